The van der Waals surface area contributed by atoms with Crippen molar-refractivity contribution in [2.45, 2.75) is 32.0 Å². The zero-order valence-corrected chi connectivity index (χ0v) is 18.9. The summed E-state index contributed by atoms with van der Waals surface area (Å²) in [4.78, 5) is 38.4. The summed E-state index contributed by atoms with van der Waals surface area (Å²) in [6.45, 7) is 2.09. The number of nitrogens with zero attached hydrogens (tertiary/aromatic N) is 2. The number of likely N-dealkylation sites (tertiary alicyclic amines) is 1. The number of aliphatic hydroxyl groups is 1. The Kier molecular flexibility index (Phi) is 5.56. The van der Waals surface area contributed by atoms with Crippen molar-refractivity contribution in [2.75, 3.05) is 0 Å². The predicted molar refractivity (Wildman–Crippen MR) is 128 cm³/mol. The number of ether oxygens (including phenoxy) is 1. The second-order valence-corrected chi connectivity index (χ2v) is 8.72. The fraction of sp³-hybridized carbons (Fsp3) is 0.185. The zero-order chi connectivity index (χ0) is 24.7. The van der Waals surface area contributed by atoms with Crippen LogP contribution in [0.15, 0.2) is 78.4 Å². The van der Waals surface area contributed by atoms with Gasteiger partial charge in [-0.25, -0.2) is 0 Å². The van der Waals surface area contributed by atoms with Gasteiger partial charge in [-0.05, 0) is 53.9 Å². The third kappa shape index (κ3) is 4.03. The highest BCUT2D eigenvalue weighted by Crippen LogP contribution is 2.41. The molecule has 2 aliphatic rings. The summed E-state index contributed by atoms with van der Waals surface area (Å²) < 4.78 is 5.73. The number of rotatable bonds is 5. The number of benzene rings is 3. The first-order chi connectivity index (χ1) is 16.8. The average molecular weight is 470 g/mol. The number of ketones is 1. The minimum Gasteiger partial charge on any atom is -0.507 e. The number of hydrogen-bond donors (Lipinski definition) is 1. The maximum Gasteiger partial charge on any atom is 0.295 e. The van der Waals surface area contributed by atoms with Crippen LogP contribution in [-0.4, -0.2) is 32.7 Å². The topological polar surface area (TPSA) is 110 Å². The number of non-ortho nitro benzene ring substituents is 1. The largest absolute Gasteiger partial charge is 0.507 e. The number of nitro groups is 1. The van der Waals surface area contributed by atoms with Gasteiger partial charge in [-0.1, -0.05) is 30.3 Å². The Morgan fingerprint density at radius 1 is 1.09 bits per heavy atom. The van der Waals surface area contributed by atoms with Crippen molar-refractivity contribution in [1.82, 2.24) is 4.90 Å². The fourth-order valence-corrected chi connectivity index (χ4v) is 4.67. The molecule has 176 valence electrons. The quantitative estimate of drug-likeness (QED) is 0.193. The Balaban J connectivity index is 1.63. The minimum absolute atomic E-state index is 0.0129. The van der Waals surface area contributed by atoms with Gasteiger partial charge >= 0.3 is 0 Å². The molecule has 35 heavy (non-hydrogen) atoms. The molecular formula is C27H22N2O6. The van der Waals surface area contributed by atoms with Gasteiger partial charge in [0.25, 0.3) is 17.4 Å². The van der Waals surface area contributed by atoms with E-state index in [1.54, 1.807) is 18.2 Å². The van der Waals surface area contributed by atoms with Crippen LogP contribution in [0.25, 0.3) is 5.76 Å². The molecule has 0 unspecified atom stereocenters. The van der Waals surface area contributed by atoms with Crippen molar-refractivity contribution in [3.8, 4) is 5.75 Å². The number of amides is 1. The number of hydrogen-bond acceptors (Lipinski definition) is 6. The van der Waals surface area contributed by atoms with E-state index in [1.807, 2.05) is 37.3 Å². The van der Waals surface area contributed by atoms with E-state index in [1.165, 1.54) is 29.2 Å². The summed E-state index contributed by atoms with van der Waals surface area (Å²) in [6.07, 6.45) is 0.684. The number of carbonyl (C=O) groups is 2. The molecule has 1 saturated heterocycles. The van der Waals surface area contributed by atoms with Crippen molar-refractivity contribution in [3.05, 3.63) is 111 Å². The third-order valence-corrected chi connectivity index (χ3v) is 6.32. The lowest BCUT2D eigenvalue weighted by molar-refractivity contribution is -0.384. The maximum atomic E-state index is 13.2. The van der Waals surface area contributed by atoms with E-state index in [2.05, 4.69) is 0 Å². The molecule has 8 heteroatoms. The van der Waals surface area contributed by atoms with Crippen LogP contribution < -0.4 is 4.74 Å². The lowest BCUT2D eigenvalue weighted by Gasteiger charge is -2.25. The number of carbonyl (C=O) groups excluding carboxylic acids is 2. The third-order valence-electron chi connectivity index (χ3n) is 6.32. The van der Waals surface area contributed by atoms with Crippen LogP contribution in [0.5, 0.6) is 5.75 Å². The van der Waals surface area contributed by atoms with Crippen LogP contribution in [0, 0.1) is 10.1 Å². The summed E-state index contributed by atoms with van der Waals surface area (Å²) >= 11 is 0. The van der Waals surface area contributed by atoms with Gasteiger partial charge in [0.15, 0.2) is 0 Å². The molecule has 2 atom stereocenters. The zero-order valence-electron chi connectivity index (χ0n) is 18.9. The smallest absolute Gasteiger partial charge is 0.295 e. The van der Waals surface area contributed by atoms with E-state index in [0.29, 0.717) is 17.5 Å². The van der Waals surface area contributed by atoms with Crippen molar-refractivity contribution in [3.63, 3.8) is 0 Å². The second-order valence-electron chi connectivity index (χ2n) is 8.72. The van der Waals surface area contributed by atoms with Crippen LogP contribution in [0.1, 0.15) is 35.2 Å². The van der Waals surface area contributed by atoms with Crippen LogP contribution in [0.2, 0.25) is 0 Å². The number of Topliss-reactive ketones (excluding diaryl/α,β-unsaturated/α-hetero) is 1. The molecule has 0 radical (unpaired) electrons. The van der Waals surface area contributed by atoms with E-state index in [4.69, 9.17) is 4.74 Å². The van der Waals surface area contributed by atoms with Gasteiger partial charge in [0.05, 0.1) is 16.5 Å². The van der Waals surface area contributed by atoms with E-state index >= 15 is 0 Å². The van der Waals surface area contributed by atoms with Gasteiger partial charge in [0.1, 0.15) is 17.6 Å². The molecule has 8 nitrogen and oxygen atoms in total. The van der Waals surface area contributed by atoms with Crippen molar-refractivity contribution >= 4 is 23.1 Å². The molecule has 3 aromatic carbocycles. The predicted octanol–water partition coefficient (Wildman–Crippen LogP) is 4.54. The molecule has 3 aromatic rings. The first-order valence-corrected chi connectivity index (χ1v) is 11.2. The Morgan fingerprint density at radius 2 is 1.80 bits per heavy atom. The van der Waals surface area contributed by atoms with Crippen LogP contribution in [0.4, 0.5) is 5.69 Å². The first kappa shape index (κ1) is 22.3. The van der Waals surface area contributed by atoms with Gasteiger partial charge in [0, 0.05) is 30.7 Å². The lowest BCUT2D eigenvalue weighted by Crippen LogP contribution is -2.29. The molecule has 0 aliphatic carbocycles. The van der Waals surface area contributed by atoms with Gasteiger partial charge < -0.3 is 14.7 Å². The molecule has 5 rings (SSSR count). The summed E-state index contributed by atoms with van der Waals surface area (Å²) in [6, 6.07) is 19.1. The molecular weight excluding hydrogens is 448 g/mol. The maximum absolute atomic E-state index is 13.2. The van der Waals surface area contributed by atoms with E-state index in [9.17, 15) is 24.8 Å². The summed E-state index contributed by atoms with van der Waals surface area (Å²) in [5.41, 5.74) is 2.46. The highest BCUT2D eigenvalue weighted by molar-refractivity contribution is 6.46. The summed E-state index contributed by atoms with van der Waals surface area (Å²) in [5, 5.41) is 22.4. The Labute approximate surface area is 201 Å². The Morgan fingerprint density at radius 3 is 2.49 bits per heavy atom. The number of nitro benzene ring substituents is 1. The molecule has 0 aromatic heterocycles. The van der Waals surface area contributed by atoms with Crippen molar-refractivity contribution in [2.24, 2.45) is 0 Å². The van der Waals surface area contributed by atoms with Gasteiger partial charge in [0.2, 0.25) is 0 Å². The highest BCUT2D eigenvalue weighted by Gasteiger charge is 2.46. The first-order valence-electron chi connectivity index (χ1n) is 11.2. The van der Waals surface area contributed by atoms with Crippen LogP contribution in [-0.2, 0) is 22.6 Å². The van der Waals surface area contributed by atoms with E-state index in [-0.39, 0.29) is 29.7 Å². The lowest BCUT2D eigenvalue weighted by atomic mass is 9.94. The Hall–Kier alpha value is -4.46. The van der Waals surface area contributed by atoms with E-state index in [0.717, 1.165) is 16.9 Å². The molecule has 1 fully saturated rings. The molecule has 2 heterocycles. The normalized spacial score (nSPS) is 20.5. The van der Waals surface area contributed by atoms with Crippen molar-refractivity contribution < 1.29 is 24.4 Å². The second kappa shape index (κ2) is 8.72. The highest BCUT2D eigenvalue weighted by atomic mass is 16.6. The average Bonchev–Trinajstić information content (AvgIpc) is 3.35. The number of aliphatic hydroxyl groups excluding tert-OH is 1. The fourth-order valence-electron chi connectivity index (χ4n) is 4.67. The summed E-state index contributed by atoms with van der Waals surface area (Å²) in [7, 11) is 0. The number of fused-ring (bicyclic) bond motifs is 1. The minimum atomic E-state index is -0.903. The van der Waals surface area contributed by atoms with Gasteiger partial charge in [-0.2, -0.15) is 0 Å². The Bertz CT molecular complexity index is 1360. The van der Waals surface area contributed by atoms with Crippen LogP contribution >= 0.6 is 0 Å². The van der Waals surface area contributed by atoms with Crippen molar-refractivity contribution in [1.29, 1.82) is 0 Å². The molecule has 0 bridgehead atoms. The molecule has 1 amide bonds. The standard InChI is InChI=1S/C27H22N2O6/c1-16-13-20-14-19(9-12-22(20)35-16)25(30)23-24(18-7-10-21(11-8-18)29(33)34)28(27(32)26(23)31)15-17-5-3-2-4-6-17/h2-12,14,16,24,30H,13,15H2,1H3/t16-,24-/m1/s1. The SMILES string of the molecule is C[C@@H]1Cc2cc(C(O)=C3C(=O)C(=O)N(Cc4ccccc4)[C@@H]3c3ccc([N+](=O)[O-])cc3)ccc2O1. The van der Waals surface area contributed by atoms with Gasteiger partial charge in [-0.15, -0.1) is 0 Å². The van der Waals surface area contributed by atoms with Crippen LogP contribution in [0.3, 0.4) is 0 Å². The van der Waals surface area contributed by atoms with Gasteiger partial charge in [-0.3, -0.25) is 19.7 Å². The molecule has 2 aliphatic heterocycles. The van der Waals surface area contributed by atoms with E-state index < -0.39 is 22.7 Å². The molecule has 1 N–H and O–H groups in total. The molecule has 0 saturated carbocycles. The molecule has 0 spiro atoms. The monoisotopic (exact) mass is 470 g/mol. The summed E-state index contributed by atoms with van der Waals surface area (Å²) in [5.74, 6) is -1.10.